The molecule has 1 fully saturated rings. The molecule has 1 saturated heterocycles. The molecule has 1 unspecified atom stereocenters. The lowest BCUT2D eigenvalue weighted by atomic mass is 9.96. The summed E-state index contributed by atoms with van der Waals surface area (Å²) in [7, 11) is 0. The first kappa shape index (κ1) is 13.6. The van der Waals surface area contributed by atoms with Gasteiger partial charge in [0.15, 0.2) is 0 Å². The Bertz CT molecular complexity index is 380. The maximum absolute atomic E-state index is 10.4. The summed E-state index contributed by atoms with van der Waals surface area (Å²) in [5, 5.41) is 10.4. The molecule has 0 saturated carbocycles. The number of benzene rings is 1. The first-order valence-electron chi connectivity index (χ1n) is 7.08. The number of rotatable bonds is 3. The molecule has 1 heterocycles. The van der Waals surface area contributed by atoms with Gasteiger partial charge in [-0.25, -0.2) is 0 Å². The van der Waals surface area contributed by atoms with Crippen molar-refractivity contribution in [2.75, 3.05) is 6.54 Å². The van der Waals surface area contributed by atoms with E-state index in [0.717, 1.165) is 12.1 Å². The lowest BCUT2D eigenvalue weighted by Crippen LogP contribution is -2.45. The summed E-state index contributed by atoms with van der Waals surface area (Å²) in [5.41, 5.74) is 2.26. The number of hydrogen-bond donors (Lipinski definition) is 1. The van der Waals surface area contributed by atoms with Gasteiger partial charge in [0.25, 0.3) is 0 Å². The van der Waals surface area contributed by atoms with Crippen molar-refractivity contribution in [1.82, 2.24) is 4.90 Å². The predicted octanol–water partition coefficient (Wildman–Crippen LogP) is 3.29. The maximum atomic E-state index is 10.4. The molecule has 2 rings (SSSR count). The van der Waals surface area contributed by atoms with Crippen LogP contribution < -0.4 is 0 Å². The van der Waals surface area contributed by atoms with Gasteiger partial charge >= 0.3 is 0 Å². The Hall–Kier alpha value is -0.860. The van der Waals surface area contributed by atoms with Crippen LogP contribution in [0.25, 0.3) is 0 Å². The molecule has 2 heteroatoms. The summed E-state index contributed by atoms with van der Waals surface area (Å²) < 4.78 is 0. The van der Waals surface area contributed by atoms with Gasteiger partial charge in [-0.05, 0) is 39.2 Å². The van der Waals surface area contributed by atoms with Gasteiger partial charge in [0.2, 0.25) is 0 Å². The van der Waals surface area contributed by atoms with Crippen LogP contribution in [-0.2, 0) is 0 Å². The average Bonchev–Trinajstić information content (AvgIpc) is 2.34. The summed E-state index contributed by atoms with van der Waals surface area (Å²) in [4.78, 5) is 2.45. The SMILES string of the molecule is Cc1cccc(C(O)CN2[C@H](C)CCC[C@@H]2C)c1. The molecule has 0 amide bonds. The van der Waals surface area contributed by atoms with Gasteiger partial charge in [0.05, 0.1) is 6.10 Å². The average molecular weight is 247 g/mol. The number of aryl methyl sites for hydroxylation is 1. The van der Waals surface area contributed by atoms with E-state index in [-0.39, 0.29) is 6.10 Å². The second-order valence-corrected chi connectivity index (χ2v) is 5.76. The van der Waals surface area contributed by atoms with Gasteiger partial charge in [0, 0.05) is 18.6 Å². The number of aliphatic hydroxyl groups is 1. The fourth-order valence-corrected chi connectivity index (χ4v) is 3.02. The van der Waals surface area contributed by atoms with E-state index < -0.39 is 0 Å². The Morgan fingerprint density at radius 3 is 2.56 bits per heavy atom. The molecule has 18 heavy (non-hydrogen) atoms. The normalized spacial score (nSPS) is 27.1. The minimum atomic E-state index is -0.368. The molecule has 1 aliphatic rings. The van der Waals surface area contributed by atoms with Gasteiger partial charge in [-0.2, -0.15) is 0 Å². The Kier molecular flexibility index (Phi) is 4.41. The standard InChI is InChI=1S/C16H25NO/c1-12-6-4-9-15(10-12)16(18)11-17-13(2)7-5-8-14(17)3/h4,6,9-10,13-14,16,18H,5,7-8,11H2,1-3H3/t13-,14+,16?. The number of likely N-dealkylation sites (tertiary alicyclic amines) is 1. The molecule has 1 N–H and O–H groups in total. The van der Waals surface area contributed by atoms with Crippen LogP contribution in [0.15, 0.2) is 24.3 Å². The Balaban J connectivity index is 2.04. The second-order valence-electron chi connectivity index (χ2n) is 5.76. The Labute approximate surface area is 111 Å². The van der Waals surface area contributed by atoms with Crippen LogP contribution in [0.3, 0.4) is 0 Å². The lowest BCUT2D eigenvalue weighted by molar-refractivity contribution is 0.0411. The van der Waals surface area contributed by atoms with Crippen molar-refractivity contribution < 1.29 is 5.11 Å². The van der Waals surface area contributed by atoms with Crippen LogP contribution in [-0.4, -0.2) is 28.6 Å². The summed E-state index contributed by atoms with van der Waals surface area (Å²) in [6, 6.07) is 9.39. The van der Waals surface area contributed by atoms with Gasteiger partial charge in [-0.1, -0.05) is 36.2 Å². The molecule has 100 valence electrons. The van der Waals surface area contributed by atoms with E-state index in [1.165, 1.54) is 24.8 Å². The fraction of sp³-hybridized carbons (Fsp3) is 0.625. The molecular weight excluding hydrogens is 222 g/mol. The van der Waals surface area contributed by atoms with E-state index in [1.807, 2.05) is 12.1 Å². The van der Waals surface area contributed by atoms with Crippen molar-refractivity contribution >= 4 is 0 Å². The third-order valence-electron chi connectivity index (χ3n) is 4.19. The number of piperidine rings is 1. The molecular formula is C16H25NO. The maximum Gasteiger partial charge on any atom is 0.0917 e. The Morgan fingerprint density at radius 1 is 1.28 bits per heavy atom. The van der Waals surface area contributed by atoms with E-state index >= 15 is 0 Å². The van der Waals surface area contributed by atoms with Crippen molar-refractivity contribution in [1.29, 1.82) is 0 Å². The molecule has 0 aliphatic carbocycles. The quantitative estimate of drug-likeness (QED) is 0.886. The van der Waals surface area contributed by atoms with E-state index in [4.69, 9.17) is 0 Å². The van der Waals surface area contributed by atoms with Crippen LogP contribution in [0, 0.1) is 6.92 Å². The molecule has 1 aromatic rings. The molecule has 3 atom stereocenters. The summed E-state index contributed by atoms with van der Waals surface area (Å²) >= 11 is 0. The molecule has 0 radical (unpaired) electrons. The molecule has 2 nitrogen and oxygen atoms in total. The van der Waals surface area contributed by atoms with E-state index in [9.17, 15) is 5.11 Å². The van der Waals surface area contributed by atoms with Crippen LogP contribution >= 0.6 is 0 Å². The predicted molar refractivity (Wildman–Crippen MR) is 75.6 cm³/mol. The van der Waals surface area contributed by atoms with Gasteiger partial charge < -0.3 is 5.11 Å². The smallest absolute Gasteiger partial charge is 0.0917 e. The van der Waals surface area contributed by atoms with Gasteiger partial charge in [-0.15, -0.1) is 0 Å². The zero-order valence-electron chi connectivity index (χ0n) is 11.8. The van der Waals surface area contributed by atoms with Crippen molar-refractivity contribution in [3.8, 4) is 0 Å². The second kappa shape index (κ2) is 5.85. The summed E-state index contributed by atoms with van der Waals surface area (Å²) in [6.45, 7) is 7.38. The van der Waals surface area contributed by atoms with E-state index in [1.54, 1.807) is 0 Å². The van der Waals surface area contributed by atoms with Crippen molar-refractivity contribution in [2.45, 2.75) is 58.2 Å². The topological polar surface area (TPSA) is 23.5 Å². The van der Waals surface area contributed by atoms with Crippen molar-refractivity contribution in [3.05, 3.63) is 35.4 Å². The molecule has 0 aromatic heterocycles. The number of hydrogen-bond acceptors (Lipinski definition) is 2. The third-order valence-corrected chi connectivity index (χ3v) is 4.19. The first-order valence-corrected chi connectivity index (χ1v) is 7.08. The molecule has 0 bridgehead atoms. The fourth-order valence-electron chi connectivity index (χ4n) is 3.02. The number of β-amino-alcohol motifs (C(OH)–C–C–N with tert-alkyl or cyclic N) is 1. The highest BCUT2D eigenvalue weighted by Gasteiger charge is 2.26. The minimum Gasteiger partial charge on any atom is -0.387 e. The number of nitrogens with zero attached hydrogens (tertiary/aromatic N) is 1. The van der Waals surface area contributed by atoms with Crippen LogP contribution in [0.4, 0.5) is 0 Å². The van der Waals surface area contributed by atoms with Crippen molar-refractivity contribution in [2.24, 2.45) is 0 Å². The summed E-state index contributed by atoms with van der Waals surface area (Å²) in [6.07, 6.45) is 3.46. The van der Waals surface area contributed by atoms with Gasteiger partial charge in [0.1, 0.15) is 0 Å². The zero-order chi connectivity index (χ0) is 13.1. The van der Waals surface area contributed by atoms with Gasteiger partial charge in [-0.3, -0.25) is 4.90 Å². The molecule has 1 aromatic carbocycles. The van der Waals surface area contributed by atoms with Crippen LogP contribution in [0.5, 0.6) is 0 Å². The van der Waals surface area contributed by atoms with Crippen molar-refractivity contribution in [3.63, 3.8) is 0 Å². The lowest BCUT2D eigenvalue weighted by Gasteiger charge is -2.40. The van der Waals surface area contributed by atoms with E-state index in [2.05, 4.69) is 37.8 Å². The van der Waals surface area contributed by atoms with Crippen LogP contribution in [0.2, 0.25) is 0 Å². The molecule has 1 aliphatic heterocycles. The zero-order valence-corrected chi connectivity index (χ0v) is 11.8. The van der Waals surface area contributed by atoms with E-state index in [0.29, 0.717) is 12.1 Å². The molecule has 0 spiro atoms. The largest absolute Gasteiger partial charge is 0.387 e. The third kappa shape index (κ3) is 3.12. The highest BCUT2D eigenvalue weighted by Crippen LogP contribution is 2.25. The van der Waals surface area contributed by atoms with Crippen LogP contribution in [0.1, 0.15) is 50.3 Å². The first-order chi connectivity index (χ1) is 8.58. The minimum absolute atomic E-state index is 0.368. The highest BCUT2D eigenvalue weighted by molar-refractivity contribution is 5.24. The monoisotopic (exact) mass is 247 g/mol. The highest BCUT2D eigenvalue weighted by atomic mass is 16.3. The summed E-state index contributed by atoms with van der Waals surface area (Å²) in [5.74, 6) is 0. The Morgan fingerprint density at radius 2 is 1.94 bits per heavy atom. The number of aliphatic hydroxyl groups excluding tert-OH is 1.